The number of hydroxylamine groups is 1. The van der Waals surface area contributed by atoms with Gasteiger partial charge in [-0.25, -0.2) is 9.36 Å². The van der Waals surface area contributed by atoms with Crippen LogP contribution in [0.2, 0.25) is 0 Å². The van der Waals surface area contributed by atoms with E-state index in [2.05, 4.69) is 16.9 Å². The Morgan fingerprint density at radius 3 is 2.07 bits per heavy atom. The molecule has 0 aliphatic heterocycles. The predicted molar refractivity (Wildman–Crippen MR) is 116 cm³/mol. The van der Waals surface area contributed by atoms with E-state index in [9.17, 15) is 14.3 Å². The number of carbonyl (C=O) groups is 1. The highest BCUT2D eigenvalue weighted by Gasteiger charge is 2.40. The molecule has 0 aromatic heterocycles. The second kappa shape index (κ2) is 14.2. The Labute approximate surface area is 179 Å². The summed E-state index contributed by atoms with van der Waals surface area (Å²) < 4.78 is 15.8. The largest absolute Gasteiger partial charge is 0.476 e. The van der Waals surface area contributed by atoms with Gasteiger partial charge in [0.15, 0.2) is 5.54 Å². The van der Waals surface area contributed by atoms with Gasteiger partial charge in [-0.1, -0.05) is 95.0 Å². The van der Waals surface area contributed by atoms with Gasteiger partial charge in [0, 0.05) is 11.2 Å². The number of carbonyl (C=O) groups excluding carboxylic acids is 1. The highest BCUT2D eigenvalue weighted by atomic mass is 35.7. The molecule has 1 aromatic rings. The van der Waals surface area contributed by atoms with Crippen LogP contribution in [0.25, 0.3) is 0 Å². The lowest BCUT2D eigenvalue weighted by molar-refractivity contribution is -0.150. The summed E-state index contributed by atoms with van der Waals surface area (Å²) >= 11 is 5.20. The molecule has 0 bridgehead atoms. The minimum atomic E-state index is -4.48. The molecule has 0 saturated heterocycles. The molecule has 1 unspecified atom stereocenters. The molecule has 0 aliphatic rings. The van der Waals surface area contributed by atoms with Crippen LogP contribution in [-0.2, 0) is 24.3 Å². The lowest BCUT2D eigenvalue weighted by atomic mass is 9.93. The van der Waals surface area contributed by atoms with Gasteiger partial charge in [0.2, 0.25) is 0 Å². The van der Waals surface area contributed by atoms with Gasteiger partial charge in [-0.2, -0.15) is 5.48 Å². The third kappa shape index (κ3) is 11.2. The zero-order chi connectivity index (χ0) is 21.6. The van der Waals surface area contributed by atoms with Crippen molar-refractivity contribution in [2.24, 2.45) is 0 Å². The van der Waals surface area contributed by atoms with Crippen molar-refractivity contribution in [2.75, 3.05) is 6.61 Å². The number of nitrogens with one attached hydrogen (secondary N) is 1. The minimum absolute atomic E-state index is 0.421. The molecule has 2 atom stereocenters. The van der Waals surface area contributed by atoms with E-state index in [0.717, 1.165) is 19.3 Å². The van der Waals surface area contributed by atoms with Crippen molar-refractivity contribution >= 4 is 24.2 Å². The van der Waals surface area contributed by atoms with Crippen molar-refractivity contribution < 1.29 is 23.6 Å². The molecule has 0 radical (unpaired) electrons. The summed E-state index contributed by atoms with van der Waals surface area (Å²) in [6.07, 6.45) is 12.2. The summed E-state index contributed by atoms with van der Waals surface area (Å²) in [5, 5.41) is 0. The van der Waals surface area contributed by atoms with Crippen LogP contribution in [-0.4, -0.2) is 17.5 Å². The Bertz CT molecular complexity index is 625. The molecule has 0 saturated carbocycles. The van der Waals surface area contributed by atoms with Crippen LogP contribution < -0.4 is 5.48 Å². The van der Waals surface area contributed by atoms with E-state index in [1.165, 1.54) is 51.9 Å². The first-order chi connectivity index (χ1) is 13.8. The lowest BCUT2D eigenvalue weighted by Crippen LogP contribution is -2.47. The Balaban J connectivity index is 2.35. The maximum atomic E-state index is 12.4. The number of unbranched alkanes of at least 4 members (excludes halogenated alkanes) is 9. The number of benzene rings is 1. The summed E-state index contributed by atoms with van der Waals surface area (Å²) in [4.78, 5) is 27.1. The van der Waals surface area contributed by atoms with E-state index in [1.54, 1.807) is 30.3 Å². The lowest BCUT2D eigenvalue weighted by Gasteiger charge is -2.28. The van der Waals surface area contributed by atoms with E-state index >= 15 is 0 Å². The third-order valence-electron chi connectivity index (χ3n) is 4.83. The molecule has 0 fully saturated rings. The van der Waals surface area contributed by atoms with Gasteiger partial charge in [0.05, 0.1) is 6.61 Å². The maximum absolute atomic E-state index is 12.4. The fraction of sp³-hybridized carbons (Fsp3) is 0.667. The number of hydrogen-bond acceptors (Lipinski definition) is 5. The predicted octanol–water partition coefficient (Wildman–Crippen LogP) is 6.23. The average molecular weight is 448 g/mol. The van der Waals surface area contributed by atoms with Crippen LogP contribution in [0, 0.1) is 0 Å². The first-order valence-electron chi connectivity index (χ1n) is 10.5. The SMILES string of the molecule is CCCCCCCCCCCCON[C@](C)(C(=O)OP(=O)(O)Cl)c1ccccc1. The molecule has 0 spiro atoms. The summed E-state index contributed by atoms with van der Waals surface area (Å²) in [6, 6.07) is 8.72. The Morgan fingerprint density at radius 2 is 1.55 bits per heavy atom. The normalized spacial score (nSPS) is 15.4. The van der Waals surface area contributed by atoms with Crippen molar-refractivity contribution in [3.8, 4) is 0 Å². The van der Waals surface area contributed by atoms with Gasteiger partial charge in [-0.15, -0.1) is 0 Å². The minimum Gasteiger partial charge on any atom is -0.379 e. The number of rotatable bonds is 16. The zero-order valence-corrected chi connectivity index (χ0v) is 19.2. The molecular weight excluding hydrogens is 413 g/mol. The monoisotopic (exact) mass is 447 g/mol. The quantitative estimate of drug-likeness (QED) is 0.177. The van der Waals surface area contributed by atoms with E-state index in [1.807, 2.05) is 0 Å². The average Bonchev–Trinajstić information content (AvgIpc) is 2.68. The van der Waals surface area contributed by atoms with Gasteiger partial charge in [-0.05, 0) is 18.9 Å². The molecule has 166 valence electrons. The van der Waals surface area contributed by atoms with Crippen LogP contribution >= 0.6 is 18.2 Å². The van der Waals surface area contributed by atoms with E-state index in [0.29, 0.717) is 12.2 Å². The van der Waals surface area contributed by atoms with E-state index < -0.39 is 18.5 Å². The zero-order valence-electron chi connectivity index (χ0n) is 17.6. The van der Waals surface area contributed by atoms with Gasteiger partial charge >= 0.3 is 12.9 Å². The molecule has 29 heavy (non-hydrogen) atoms. The van der Waals surface area contributed by atoms with Gasteiger partial charge in [0.25, 0.3) is 0 Å². The molecule has 2 N–H and O–H groups in total. The Morgan fingerprint density at radius 1 is 1.03 bits per heavy atom. The van der Waals surface area contributed by atoms with Crippen LogP contribution in [0.4, 0.5) is 0 Å². The molecule has 0 amide bonds. The summed E-state index contributed by atoms with van der Waals surface area (Å²) in [6.45, 7) is -0.310. The smallest absolute Gasteiger partial charge is 0.379 e. The summed E-state index contributed by atoms with van der Waals surface area (Å²) in [5.74, 6) is -0.979. The second-order valence-electron chi connectivity index (χ2n) is 7.45. The highest BCUT2D eigenvalue weighted by Crippen LogP contribution is 2.49. The first kappa shape index (κ1) is 26.1. The van der Waals surface area contributed by atoms with Crippen LogP contribution in [0.5, 0.6) is 0 Å². The number of hydrogen-bond donors (Lipinski definition) is 2. The molecule has 6 nitrogen and oxygen atoms in total. The van der Waals surface area contributed by atoms with Gasteiger partial charge in [0.1, 0.15) is 0 Å². The third-order valence-corrected chi connectivity index (χ3v) is 5.43. The topological polar surface area (TPSA) is 84.9 Å². The molecule has 1 aromatic carbocycles. The van der Waals surface area contributed by atoms with Crippen molar-refractivity contribution in [2.45, 2.75) is 83.6 Å². The summed E-state index contributed by atoms with van der Waals surface area (Å²) in [7, 11) is 0. The fourth-order valence-corrected chi connectivity index (χ4v) is 3.62. The molecule has 0 heterocycles. The van der Waals surface area contributed by atoms with Gasteiger partial charge < -0.3 is 14.3 Å². The molecule has 0 aliphatic carbocycles. The standard InChI is InChI=1S/C21H35ClNO5P/c1-3-4-5-6-7-8-9-10-11-15-18-27-23-21(2,19-16-13-12-14-17-19)20(24)28-29(22,25)26/h12-14,16-17,23H,3-11,15,18H2,1-2H3,(H,25,26)/t21-/m0/s1. The van der Waals surface area contributed by atoms with Crippen molar-refractivity contribution in [3.63, 3.8) is 0 Å². The summed E-state index contributed by atoms with van der Waals surface area (Å²) in [5.41, 5.74) is 1.79. The van der Waals surface area contributed by atoms with Crippen molar-refractivity contribution in [3.05, 3.63) is 35.9 Å². The fourth-order valence-electron chi connectivity index (χ4n) is 3.04. The van der Waals surface area contributed by atoms with Crippen LogP contribution in [0.15, 0.2) is 30.3 Å². The molecule has 8 heteroatoms. The van der Waals surface area contributed by atoms with E-state index in [-0.39, 0.29) is 0 Å². The van der Waals surface area contributed by atoms with Gasteiger partial charge in [-0.3, -0.25) is 0 Å². The molecule has 1 rings (SSSR count). The Hall–Kier alpha value is -0.910. The number of halogens is 1. The van der Waals surface area contributed by atoms with Crippen molar-refractivity contribution in [1.82, 2.24) is 5.48 Å². The van der Waals surface area contributed by atoms with E-state index in [4.69, 9.17) is 16.1 Å². The Kier molecular flexibility index (Phi) is 12.8. The first-order valence-corrected chi connectivity index (χ1v) is 13.0. The molecular formula is C21H35ClNO5P. The maximum Gasteiger partial charge on any atom is 0.476 e. The highest BCUT2D eigenvalue weighted by molar-refractivity contribution is 7.80. The van der Waals surface area contributed by atoms with Crippen LogP contribution in [0.3, 0.4) is 0 Å². The second-order valence-corrected chi connectivity index (χ2v) is 9.82. The van der Waals surface area contributed by atoms with Crippen molar-refractivity contribution in [1.29, 1.82) is 0 Å². The van der Waals surface area contributed by atoms with Crippen LogP contribution in [0.1, 0.15) is 83.6 Å².